The summed E-state index contributed by atoms with van der Waals surface area (Å²) in [7, 11) is 0. The van der Waals surface area contributed by atoms with Gasteiger partial charge in [0.1, 0.15) is 0 Å². The van der Waals surface area contributed by atoms with Gasteiger partial charge in [0.25, 0.3) is 0 Å². The molecule has 0 atom stereocenters. The Morgan fingerprint density at radius 1 is 1.20 bits per heavy atom. The van der Waals surface area contributed by atoms with Crippen molar-refractivity contribution in [2.45, 2.75) is 6.92 Å². The summed E-state index contributed by atoms with van der Waals surface area (Å²) < 4.78 is 4.60. The van der Waals surface area contributed by atoms with Crippen molar-refractivity contribution < 1.29 is 0 Å². The fourth-order valence-electron chi connectivity index (χ4n) is 1.90. The number of hydrogen-bond donors (Lipinski definition) is 0. The summed E-state index contributed by atoms with van der Waals surface area (Å²) in [6, 6.07) is 8.37. The predicted molar refractivity (Wildman–Crippen MR) is 74.7 cm³/mol. The first-order valence-electron chi connectivity index (χ1n) is 4.87. The maximum absolute atomic E-state index is 4.70. The molecule has 1 aromatic carbocycles. The fourth-order valence-corrected chi connectivity index (χ4v) is 3.49. The fraction of sp³-hybridized carbons (Fsp3) is 0.0769. The highest BCUT2D eigenvalue weighted by Gasteiger charge is 2.08. The molecule has 0 spiro atoms. The first-order chi connectivity index (χ1) is 7.36. The van der Waals surface area contributed by atoms with Crippen molar-refractivity contribution in [2.24, 2.45) is 0 Å². The summed E-state index contributed by atoms with van der Waals surface area (Å²) in [5.41, 5.74) is 4.96. The smallest absolute Gasteiger partial charge is 0.0769 e. The van der Waals surface area contributed by atoms with Crippen molar-refractivity contribution in [1.29, 1.82) is 0 Å². The van der Waals surface area contributed by atoms with Crippen LogP contribution in [0.2, 0.25) is 0 Å². The molecule has 2 heterocycles. The van der Waals surface area contributed by atoms with E-state index in [0.29, 0.717) is 0 Å². The Kier molecular flexibility index (Phi) is 2.16. The molecule has 2 heteroatoms. The van der Waals surface area contributed by atoms with Crippen LogP contribution < -0.4 is 0 Å². The Bertz CT molecular complexity index is 597. The molecule has 1 aliphatic rings. The lowest BCUT2D eigenvalue weighted by atomic mass is 10.0. The lowest BCUT2D eigenvalue weighted by Gasteiger charge is -2.10. The van der Waals surface area contributed by atoms with Gasteiger partial charge in [0.15, 0.2) is 0 Å². The second kappa shape index (κ2) is 3.52. The molecule has 0 bridgehead atoms. The van der Waals surface area contributed by atoms with Gasteiger partial charge in [-0.2, -0.15) is 0 Å². The molecule has 0 radical (unpaired) electrons. The third kappa shape index (κ3) is 1.44. The number of pyridine rings is 1. The Labute approximate surface area is 98.6 Å². The largest absolute Gasteiger partial charge is 0.247 e. The van der Waals surface area contributed by atoms with Crippen LogP contribution in [0.1, 0.15) is 16.8 Å². The molecule has 15 heavy (non-hydrogen) atoms. The van der Waals surface area contributed by atoms with Gasteiger partial charge in [-0.05, 0) is 32.7 Å². The quantitative estimate of drug-likeness (QED) is 0.677. The topological polar surface area (TPSA) is 12.9 Å². The summed E-state index contributed by atoms with van der Waals surface area (Å²) in [6.07, 6.45) is 2.23. The normalized spacial score (nSPS) is 13.7. The van der Waals surface area contributed by atoms with Crippen LogP contribution in [0.5, 0.6) is 0 Å². The Morgan fingerprint density at radius 3 is 3.00 bits per heavy atom. The number of rotatable bonds is 0. The molecule has 3 rings (SSSR count). The molecule has 1 aliphatic heterocycles. The number of aryl methyl sites for hydroxylation is 1. The zero-order chi connectivity index (χ0) is 10.3. The number of hydrogen-bond acceptors (Lipinski definition) is 1. The summed E-state index contributed by atoms with van der Waals surface area (Å²) >= 11 is 0.0883. The minimum absolute atomic E-state index is 0.0883. The molecule has 0 amide bonds. The SMILES string of the molecule is Cc1c2c(nc3ccccc13)C=IC=C2. The lowest BCUT2D eigenvalue weighted by Crippen LogP contribution is -1.97. The van der Waals surface area contributed by atoms with E-state index >= 15 is 0 Å². The Morgan fingerprint density at radius 2 is 2.07 bits per heavy atom. The van der Waals surface area contributed by atoms with Gasteiger partial charge >= 0.3 is 0 Å². The predicted octanol–water partition coefficient (Wildman–Crippen LogP) is 3.65. The van der Waals surface area contributed by atoms with Crippen LogP contribution in [-0.2, 0) is 0 Å². The maximum Gasteiger partial charge on any atom is 0.0769 e. The van der Waals surface area contributed by atoms with Gasteiger partial charge in [-0.25, -0.2) is 4.98 Å². The zero-order valence-electron chi connectivity index (χ0n) is 8.37. The van der Waals surface area contributed by atoms with E-state index in [-0.39, 0.29) is 20.7 Å². The number of para-hydroxylation sites is 1. The summed E-state index contributed by atoms with van der Waals surface area (Å²) in [5.74, 6) is 0. The molecular weight excluding hydrogens is 297 g/mol. The molecule has 0 aliphatic carbocycles. The van der Waals surface area contributed by atoms with Crippen LogP contribution in [0.15, 0.2) is 28.3 Å². The van der Waals surface area contributed by atoms with Crippen molar-refractivity contribution >= 4 is 41.7 Å². The van der Waals surface area contributed by atoms with Crippen LogP contribution in [-0.4, -0.2) is 9.00 Å². The molecular formula is C13H10IN. The number of halogens is 1. The second-order valence-corrected chi connectivity index (χ2v) is 5.64. The van der Waals surface area contributed by atoms with Crippen LogP contribution in [0, 0.1) is 6.92 Å². The first kappa shape index (κ1) is 9.21. The molecule has 1 aromatic heterocycles. The number of fused-ring (bicyclic) bond motifs is 2. The summed E-state index contributed by atoms with van der Waals surface area (Å²) in [6.45, 7) is 2.19. The lowest BCUT2D eigenvalue weighted by molar-refractivity contribution is 1.33. The molecule has 0 N–H and O–H groups in total. The standard InChI is InChI=1S/C13H10IN/c1-9-10-4-2-3-5-12(10)15-13-8-14-7-6-11(9)13/h2-8H,1H3. The van der Waals surface area contributed by atoms with E-state index in [1.165, 1.54) is 22.2 Å². The van der Waals surface area contributed by atoms with Crippen molar-refractivity contribution in [3.05, 3.63) is 45.2 Å². The highest BCUT2D eigenvalue weighted by molar-refractivity contribution is 14.2. The third-order valence-electron chi connectivity index (χ3n) is 2.70. The minimum Gasteiger partial charge on any atom is -0.247 e. The average molecular weight is 307 g/mol. The second-order valence-electron chi connectivity index (χ2n) is 3.58. The average Bonchev–Trinajstić information content (AvgIpc) is 2.30. The van der Waals surface area contributed by atoms with E-state index in [4.69, 9.17) is 4.98 Å². The molecule has 2 aromatic rings. The van der Waals surface area contributed by atoms with Crippen LogP contribution in [0.25, 0.3) is 17.0 Å². The molecule has 0 saturated heterocycles. The van der Waals surface area contributed by atoms with Crippen molar-refractivity contribution in [1.82, 2.24) is 4.98 Å². The molecule has 0 fully saturated rings. The van der Waals surface area contributed by atoms with Gasteiger partial charge in [0.2, 0.25) is 0 Å². The van der Waals surface area contributed by atoms with Gasteiger partial charge in [-0.1, -0.05) is 38.9 Å². The number of aromatic nitrogens is 1. The minimum atomic E-state index is 0.0883. The van der Waals surface area contributed by atoms with Crippen molar-refractivity contribution in [2.75, 3.05) is 0 Å². The highest BCUT2D eigenvalue weighted by Crippen LogP contribution is 2.26. The van der Waals surface area contributed by atoms with E-state index in [9.17, 15) is 0 Å². The number of nitrogens with zero attached hydrogens (tertiary/aromatic N) is 1. The highest BCUT2D eigenvalue weighted by atomic mass is 127. The van der Waals surface area contributed by atoms with Crippen LogP contribution in [0.3, 0.4) is 0 Å². The van der Waals surface area contributed by atoms with E-state index in [1.54, 1.807) is 0 Å². The van der Waals surface area contributed by atoms with Crippen LogP contribution >= 0.6 is 20.7 Å². The maximum atomic E-state index is 4.70. The van der Waals surface area contributed by atoms with Crippen molar-refractivity contribution in [3.63, 3.8) is 0 Å². The van der Waals surface area contributed by atoms with Crippen molar-refractivity contribution in [3.8, 4) is 0 Å². The van der Waals surface area contributed by atoms with E-state index in [2.05, 4.69) is 45.4 Å². The zero-order valence-corrected chi connectivity index (χ0v) is 10.5. The van der Waals surface area contributed by atoms with Gasteiger partial charge in [-0.3, -0.25) is 0 Å². The molecule has 74 valence electrons. The third-order valence-corrected chi connectivity index (χ3v) is 4.42. The number of benzene rings is 1. The first-order valence-corrected chi connectivity index (χ1v) is 7.36. The monoisotopic (exact) mass is 307 g/mol. The van der Waals surface area contributed by atoms with E-state index < -0.39 is 0 Å². The van der Waals surface area contributed by atoms with Gasteiger partial charge in [0, 0.05) is 10.9 Å². The van der Waals surface area contributed by atoms with E-state index in [1.807, 2.05) is 0 Å². The Balaban J connectivity index is 2.48. The molecule has 0 unspecified atom stereocenters. The molecule has 0 saturated carbocycles. The summed E-state index contributed by atoms with van der Waals surface area (Å²) in [5, 5.41) is 1.27. The summed E-state index contributed by atoms with van der Waals surface area (Å²) in [4.78, 5) is 4.70. The van der Waals surface area contributed by atoms with Crippen LogP contribution in [0.4, 0.5) is 0 Å². The molecule has 1 nitrogen and oxygen atoms in total. The Hall–Kier alpha value is -1.03. The van der Waals surface area contributed by atoms with E-state index in [0.717, 1.165) is 5.52 Å². The van der Waals surface area contributed by atoms with Gasteiger partial charge in [-0.15, -0.1) is 0 Å². The van der Waals surface area contributed by atoms with Gasteiger partial charge < -0.3 is 0 Å². The van der Waals surface area contributed by atoms with Gasteiger partial charge in [0.05, 0.1) is 11.2 Å².